The molecule has 0 spiro atoms. The van der Waals surface area contributed by atoms with Crippen LogP contribution in [0.3, 0.4) is 0 Å². The zero-order valence-electron chi connectivity index (χ0n) is 14.9. The molecule has 1 aromatic carbocycles. The van der Waals surface area contributed by atoms with Gasteiger partial charge < -0.3 is 9.32 Å². The van der Waals surface area contributed by atoms with Crippen molar-refractivity contribution >= 4 is 17.2 Å². The molecule has 27 heavy (non-hydrogen) atoms. The lowest BCUT2D eigenvalue weighted by Gasteiger charge is -2.17. The smallest absolute Gasteiger partial charge is 0.416 e. The third kappa shape index (κ3) is 4.21. The standard InChI is InChI=1S/C19H17F3N2O2S/c1-11-7-8-15(26-11)17-23-12(2)16(27-17)18(25)24(3)10-13-5-4-6-14(9-13)19(20,21)22/h4-9H,10H2,1-3H3. The first-order valence-corrected chi connectivity index (χ1v) is 8.92. The summed E-state index contributed by atoms with van der Waals surface area (Å²) in [6.07, 6.45) is -4.41. The minimum Gasteiger partial charge on any atom is -0.459 e. The molecule has 0 saturated heterocycles. The summed E-state index contributed by atoms with van der Waals surface area (Å²) in [5.41, 5.74) is 0.236. The van der Waals surface area contributed by atoms with Gasteiger partial charge in [0.1, 0.15) is 10.6 Å². The Hall–Kier alpha value is -2.61. The van der Waals surface area contributed by atoms with Gasteiger partial charge in [0.15, 0.2) is 10.8 Å². The molecule has 0 radical (unpaired) electrons. The lowest BCUT2D eigenvalue weighted by Crippen LogP contribution is -2.26. The molecule has 0 N–H and O–H groups in total. The molecule has 4 nitrogen and oxygen atoms in total. The van der Waals surface area contributed by atoms with Crippen LogP contribution in [0, 0.1) is 13.8 Å². The molecule has 3 aromatic rings. The summed E-state index contributed by atoms with van der Waals surface area (Å²) in [5, 5.41) is 0.594. The van der Waals surface area contributed by atoms with E-state index in [0.717, 1.165) is 17.9 Å². The van der Waals surface area contributed by atoms with Gasteiger partial charge >= 0.3 is 6.18 Å². The monoisotopic (exact) mass is 394 g/mol. The van der Waals surface area contributed by atoms with Gasteiger partial charge in [-0.25, -0.2) is 4.98 Å². The highest BCUT2D eigenvalue weighted by molar-refractivity contribution is 7.17. The second-order valence-electron chi connectivity index (χ2n) is 6.20. The topological polar surface area (TPSA) is 46.3 Å². The third-order valence-electron chi connectivity index (χ3n) is 3.96. The molecule has 0 bridgehead atoms. The Kier molecular flexibility index (Phi) is 5.10. The SMILES string of the molecule is Cc1ccc(-c2nc(C)c(C(=O)N(C)Cc3cccc(C(F)(F)F)c3)s2)o1. The first kappa shape index (κ1) is 19.2. The van der Waals surface area contributed by atoms with E-state index in [1.807, 2.05) is 13.0 Å². The Balaban J connectivity index is 1.79. The highest BCUT2D eigenvalue weighted by Crippen LogP contribution is 2.31. The number of thiazole rings is 1. The van der Waals surface area contributed by atoms with Crippen LogP contribution in [0.5, 0.6) is 0 Å². The quantitative estimate of drug-likeness (QED) is 0.602. The Morgan fingerprint density at radius 2 is 1.96 bits per heavy atom. The van der Waals surface area contributed by atoms with E-state index in [0.29, 0.717) is 26.9 Å². The minimum atomic E-state index is -4.41. The molecule has 0 fully saturated rings. The number of benzene rings is 1. The number of aromatic nitrogens is 1. The van der Waals surface area contributed by atoms with Crippen LogP contribution in [0.1, 0.15) is 32.3 Å². The van der Waals surface area contributed by atoms with E-state index in [1.54, 1.807) is 26.1 Å². The summed E-state index contributed by atoms with van der Waals surface area (Å²) in [5.74, 6) is 1.03. The Morgan fingerprint density at radius 3 is 2.59 bits per heavy atom. The molecular formula is C19H17F3N2O2S. The predicted molar refractivity (Wildman–Crippen MR) is 96.5 cm³/mol. The molecule has 0 aliphatic heterocycles. The van der Waals surface area contributed by atoms with Crippen molar-refractivity contribution in [1.82, 2.24) is 9.88 Å². The number of hydrogen-bond donors (Lipinski definition) is 0. The van der Waals surface area contributed by atoms with Gasteiger partial charge in [0.25, 0.3) is 5.91 Å². The van der Waals surface area contributed by atoms with Crippen LogP contribution < -0.4 is 0 Å². The molecule has 0 aliphatic carbocycles. The average molecular weight is 394 g/mol. The van der Waals surface area contributed by atoms with Crippen LogP contribution in [-0.4, -0.2) is 22.8 Å². The predicted octanol–water partition coefficient (Wildman–Crippen LogP) is 5.31. The molecule has 0 aliphatic rings. The van der Waals surface area contributed by atoms with E-state index in [2.05, 4.69) is 4.98 Å². The number of aryl methyl sites for hydroxylation is 2. The number of carbonyl (C=O) groups excluding carboxylic acids is 1. The number of carbonyl (C=O) groups is 1. The third-order valence-corrected chi connectivity index (χ3v) is 5.12. The molecule has 0 atom stereocenters. The van der Waals surface area contributed by atoms with Crippen molar-refractivity contribution in [3.63, 3.8) is 0 Å². The van der Waals surface area contributed by atoms with Gasteiger partial charge in [-0.15, -0.1) is 11.3 Å². The lowest BCUT2D eigenvalue weighted by atomic mass is 10.1. The van der Waals surface area contributed by atoms with E-state index in [-0.39, 0.29) is 12.5 Å². The van der Waals surface area contributed by atoms with Crippen molar-refractivity contribution in [2.75, 3.05) is 7.05 Å². The molecule has 2 aromatic heterocycles. The van der Waals surface area contributed by atoms with Crippen molar-refractivity contribution in [2.45, 2.75) is 26.6 Å². The van der Waals surface area contributed by atoms with Crippen LogP contribution >= 0.6 is 11.3 Å². The zero-order chi connectivity index (χ0) is 19.8. The van der Waals surface area contributed by atoms with Crippen LogP contribution in [0.15, 0.2) is 40.8 Å². The number of amides is 1. The Labute approximate surface area is 158 Å². The normalized spacial score (nSPS) is 11.6. The number of rotatable bonds is 4. The van der Waals surface area contributed by atoms with Crippen molar-refractivity contribution < 1.29 is 22.4 Å². The maximum atomic E-state index is 12.9. The van der Waals surface area contributed by atoms with Gasteiger partial charge in [-0.05, 0) is 43.7 Å². The maximum absolute atomic E-state index is 12.9. The molecule has 1 amide bonds. The summed E-state index contributed by atoms with van der Waals surface area (Å²) in [6.45, 7) is 3.61. The van der Waals surface area contributed by atoms with Crippen molar-refractivity contribution in [1.29, 1.82) is 0 Å². The Morgan fingerprint density at radius 1 is 1.22 bits per heavy atom. The first-order valence-electron chi connectivity index (χ1n) is 8.11. The number of alkyl halides is 3. The molecule has 8 heteroatoms. The second kappa shape index (κ2) is 7.19. The number of nitrogens with zero attached hydrogens (tertiary/aromatic N) is 2. The van der Waals surface area contributed by atoms with Gasteiger partial charge in [-0.2, -0.15) is 13.2 Å². The fourth-order valence-corrected chi connectivity index (χ4v) is 3.64. The summed E-state index contributed by atoms with van der Waals surface area (Å²) in [7, 11) is 1.55. The summed E-state index contributed by atoms with van der Waals surface area (Å²) >= 11 is 1.20. The van der Waals surface area contributed by atoms with Crippen molar-refractivity contribution in [3.8, 4) is 10.8 Å². The summed E-state index contributed by atoms with van der Waals surface area (Å²) < 4.78 is 44.1. The van der Waals surface area contributed by atoms with Crippen LogP contribution in [0.25, 0.3) is 10.8 Å². The van der Waals surface area contributed by atoms with Gasteiger partial charge in [0, 0.05) is 13.6 Å². The number of furan rings is 1. The van der Waals surface area contributed by atoms with Gasteiger partial charge in [0.2, 0.25) is 0 Å². The van der Waals surface area contributed by atoms with E-state index in [1.165, 1.54) is 22.3 Å². The fourth-order valence-electron chi connectivity index (χ4n) is 2.61. The number of halogens is 3. The fraction of sp³-hybridized carbons (Fsp3) is 0.263. The van der Waals surface area contributed by atoms with Crippen molar-refractivity contribution in [2.24, 2.45) is 0 Å². The highest BCUT2D eigenvalue weighted by Gasteiger charge is 2.30. The highest BCUT2D eigenvalue weighted by atomic mass is 32.1. The Bertz CT molecular complexity index is 975. The molecule has 2 heterocycles. The second-order valence-corrected chi connectivity index (χ2v) is 7.20. The summed E-state index contributed by atoms with van der Waals surface area (Å²) in [6, 6.07) is 8.57. The van der Waals surface area contributed by atoms with Crippen LogP contribution in [0.2, 0.25) is 0 Å². The molecule has 142 valence electrons. The van der Waals surface area contributed by atoms with Crippen molar-refractivity contribution in [3.05, 3.63) is 63.9 Å². The van der Waals surface area contributed by atoms with Gasteiger partial charge in [0.05, 0.1) is 11.3 Å². The molecule has 0 unspecified atom stereocenters. The zero-order valence-corrected chi connectivity index (χ0v) is 15.7. The average Bonchev–Trinajstić information content (AvgIpc) is 3.19. The van der Waals surface area contributed by atoms with E-state index < -0.39 is 11.7 Å². The van der Waals surface area contributed by atoms with E-state index >= 15 is 0 Å². The first-order chi connectivity index (χ1) is 12.6. The van der Waals surface area contributed by atoms with Gasteiger partial charge in [-0.1, -0.05) is 12.1 Å². The lowest BCUT2D eigenvalue weighted by molar-refractivity contribution is -0.137. The van der Waals surface area contributed by atoms with E-state index in [9.17, 15) is 18.0 Å². The van der Waals surface area contributed by atoms with Crippen LogP contribution in [0.4, 0.5) is 13.2 Å². The van der Waals surface area contributed by atoms with Crippen LogP contribution in [-0.2, 0) is 12.7 Å². The molecule has 3 rings (SSSR count). The largest absolute Gasteiger partial charge is 0.459 e. The van der Waals surface area contributed by atoms with E-state index in [4.69, 9.17) is 4.42 Å². The number of hydrogen-bond acceptors (Lipinski definition) is 4. The molecular weight excluding hydrogens is 377 g/mol. The maximum Gasteiger partial charge on any atom is 0.416 e. The minimum absolute atomic E-state index is 0.0648. The van der Waals surface area contributed by atoms with Gasteiger partial charge in [-0.3, -0.25) is 4.79 Å². The molecule has 0 saturated carbocycles. The summed E-state index contributed by atoms with van der Waals surface area (Å²) in [4.78, 5) is 18.9.